The van der Waals surface area contributed by atoms with E-state index in [1.807, 2.05) is 31.2 Å². The average molecular weight is 361 g/mol. The van der Waals surface area contributed by atoms with E-state index in [4.69, 9.17) is 16.0 Å². The van der Waals surface area contributed by atoms with Gasteiger partial charge in [-0.25, -0.2) is 4.98 Å². The Morgan fingerprint density at radius 2 is 2.08 bits per heavy atom. The zero-order valence-electron chi connectivity index (χ0n) is 12.7. The third-order valence-corrected chi connectivity index (χ3v) is 4.15. The molecule has 0 saturated heterocycles. The van der Waals surface area contributed by atoms with Crippen LogP contribution in [-0.2, 0) is 4.79 Å². The van der Waals surface area contributed by atoms with E-state index in [9.17, 15) is 4.79 Å². The molecule has 122 valence electrons. The van der Waals surface area contributed by atoms with Gasteiger partial charge in [-0.2, -0.15) is 0 Å². The van der Waals surface area contributed by atoms with Crippen LogP contribution >= 0.6 is 23.4 Å². The van der Waals surface area contributed by atoms with Gasteiger partial charge in [0.2, 0.25) is 11.8 Å². The number of rotatable bonds is 5. The molecule has 1 aromatic carbocycles. The number of aromatic nitrogens is 3. The Bertz CT molecular complexity index is 851. The topological polar surface area (TPSA) is 80.9 Å². The number of aryl methyl sites for hydroxylation is 1. The summed E-state index contributed by atoms with van der Waals surface area (Å²) in [4.78, 5) is 15.9. The molecule has 0 aliphatic heterocycles. The zero-order valence-corrected chi connectivity index (χ0v) is 14.3. The lowest BCUT2D eigenvalue weighted by molar-refractivity contribution is -0.113. The Kier molecular flexibility index (Phi) is 5.12. The van der Waals surface area contributed by atoms with Crippen molar-refractivity contribution in [2.75, 3.05) is 11.1 Å². The molecule has 0 aliphatic rings. The van der Waals surface area contributed by atoms with Gasteiger partial charge < -0.3 is 9.73 Å². The second-order valence-corrected chi connectivity index (χ2v) is 6.25. The third kappa shape index (κ3) is 4.12. The summed E-state index contributed by atoms with van der Waals surface area (Å²) in [7, 11) is 0. The minimum atomic E-state index is -0.217. The van der Waals surface area contributed by atoms with E-state index >= 15 is 0 Å². The summed E-state index contributed by atoms with van der Waals surface area (Å²) in [5, 5.41) is 11.5. The van der Waals surface area contributed by atoms with Gasteiger partial charge in [-0.05, 0) is 30.7 Å². The van der Waals surface area contributed by atoms with Gasteiger partial charge in [0.15, 0.2) is 0 Å². The van der Waals surface area contributed by atoms with Crippen LogP contribution < -0.4 is 5.32 Å². The van der Waals surface area contributed by atoms with E-state index in [1.165, 1.54) is 18.0 Å². The predicted octanol–water partition coefficient (Wildman–Crippen LogP) is 3.82. The number of nitrogens with zero attached hydrogens (tertiary/aromatic N) is 3. The number of carbonyl (C=O) groups excluding carboxylic acids is 1. The van der Waals surface area contributed by atoms with Crippen LogP contribution in [0, 0.1) is 6.92 Å². The van der Waals surface area contributed by atoms with Gasteiger partial charge in [0.05, 0.1) is 10.8 Å². The molecule has 24 heavy (non-hydrogen) atoms. The van der Waals surface area contributed by atoms with Crippen molar-refractivity contribution in [1.82, 2.24) is 15.2 Å². The molecule has 3 aromatic rings. The van der Waals surface area contributed by atoms with Crippen LogP contribution in [0.2, 0.25) is 5.02 Å². The van der Waals surface area contributed by atoms with Crippen molar-refractivity contribution in [2.24, 2.45) is 0 Å². The lowest BCUT2D eigenvalue weighted by atomic mass is 10.1. The smallest absolute Gasteiger partial charge is 0.277 e. The molecule has 6 nitrogen and oxygen atoms in total. The number of nitrogens with one attached hydrogen (secondary N) is 1. The molecule has 1 amide bonds. The molecular formula is C16H13ClN4O2S. The number of hydrogen-bond acceptors (Lipinski definition) is 6. The van der Waals surface area contributed by atoms with Crippen LogP contribution in [0.25, 0.3) is 11.5 Å². The SMILES string of the molecule is Cc1ccccc1-c1nnc(SCC(=O)Nc2ccc(Cl)cn2)o1. The van der Waals surface area contributed by atoms with Gasteiger partial charge in [0.25, 0.3) is 5.22 Å². The highest BCUT2D eigenvalue weighted by molar-refractivity contribution is 7.99. The van der Waals surface area contributed by atoms with Crippen molar-refractivity contribution in [3.05, 3.63) is 53.2 Å². The number of pyridine rings is 1. The van der Waals surface area contributed by atoms with Crippen LogP contribution in [0.5, 0.6) is 0 Å². The van der Waals surface area contributed by atoms with Gasteiger partial charge in [0, 0.05) is 11.8 Å². The predicted molar refractivity (Wildman–Crippen MR) is 93.1 cm³/mol. The normalized spacial score (nSPS) is 10.6. The van der Waals surface area contributed by atoms with Crippen molar-refractivity contribution >= 4 is 35.1 Å². The van der Waals surface area contributed by atoms with Gasteiger partial charge in [0.1, 0.15) is 5.82 Å². The highest BCUT2D eigenvalue weighted by Crippen LogP contribution is 2.25. The lowest BCUT2D eigenvalue weighted by Gasteiger charge is -2.02. The maximum Gasteiger partial charge on any atom is 0.277 e. The molecule has 8 heteroatoms. The summed E-state index contributed by atoms with van der Waals surface area (Å²) in [6.07, 6.45) is 1.47. The summed E-state index contributed by atoms with van der Waals surface area (Å²) < 4.78 is 5.59. The fourth-order valence-electron chi connectivity index (χ4n) is 1.95. The molecule has 0 atom stereocenters. The van der Waals surface area contributed by atoms with Crippen LogP contribution in [0.15, 0.2) is 52.2 Å². The average Bonchev–Trinajstić information content (AvgIpc) is 3.04. The van der Waals surface area contributed by atoms with Crippen LogP contribution in [0.1, 0.15) is 5.56 Å². The molecule has 2 aromatic heterocycles. The van der Waals surface area contributed by atoms with Crippen molar-refractivity contribution < 1.29 is 9.21 Å². The molecule has 2 heterocycles. The molecule has 0 bridgehead atoms. The molecule has 0 spiro atoms. The molecule has 0 fully saturated rings. The quantitative estimate of drug-likeness (QED) is 0.696. The van der Waals surface area contributed by atoms with E-state index in [0.29, 0.717) is 22.0 Å². The molecule has 0 unspecified atom stereocenters. The standard InChI is InChI=1S/C16H13ClN4O2S/c1-10-4-2-3-5-12(10)15-20-21-16(23-15)24-9-14(22)19-13-7-6-11(17)8-18-13/h2-8H,9H2,1H3,(H,18,19,22). The fourth-order valence-corrected chi connectivity index (χ4v) is 2.62. The maximum atomic E-state index is 11.9. The van der Waals surface area contributed by atoms with Gasteiger partial charge in [-0.3, -0.25) is 4.79 Å². The number of carbonyl (C=O) groups is 1. The van der Waals surface area contributed by atoms with E-state index in [0.717, 1.165) is 11.1 Å². The second-order valence-electron chi connectivity index (χ2n) is 4.89. The second kappa shape index (κ2) is 7.46. The van der Waals surface area contributed by atoms with Gasteiger partial charge in [-0.1, -0.05) is 41.6 Å². The largest absolute Gasteiger partial charge is 0.411 e. The zero-order chi connectivity index (χ0) is 16.9. The lowest BCUT2D eigenvalue weighted by Crippen LogP contribution is -2.14. The highest BCUT2D eigenvalue weighted by Gasteiger charge is 2.12. The minimum absolute atomic E-state index is 0.139. The van der Waals surface area contributed by atoms with Crippen molar-refractivity contribution in [2.45, 2.75) is 12.1 Å². The van der Waals surface area contributed by atoms with Crippen LogP contribution in [0.3, 0.4) is 0 Å². The van der Waals surface area contributed by atoms with Gasteiger partial charge >= 0.3 is 0 Å². The minimum Gasteiger partial charge on any atom is -0.411 e. The van der Waals surface area contributed by atoms with E-state index in [1.54, 1.807) is 12.1 Å². The molecule has 0 aliphatic carbocycles. The Morgan fingerprint density at radius 1 is 1.25 bits per heavy atom. The Morgan fingerprint density at radius 3 is 2.83 bits per heavy atom. The van der Waals surface area contributed by atoms with E-state index in [2.05, 4.69) is 20.5 Å². The van der Waals surface area contributed by atoms with Crippen LogP contribution in [-0.4, -0.2) is 26.8 Å². The first-order valence-electron chi connectivity index (χ1n) is 7.05. The van der Waals surface area contributed by atoms with E-state index < -0.39 is 0 Å². The van der Waals surface area contributed by atoms with Crippen LogP contribution in [0.4, 0.5) is 5.82 Å². The van der Waals surface area contributed by atoms with Crippen molar-refractivity contribution in [3.63, 3.8) is 0 Å². The van der Waals surface area contributed by atoms with Gasteiger partial charge in [-0.15, -0.1) is 10.2 Å². The summed E-state index contributed by atoms with van der Waals surface area (Å²) in [6.45, 7) is 1.97. The summed E-state index contributed by atoms with van der Waals surface area (Å²) in [6, 6.07) is 11.0. The summed E-state index contributed by atoms with van der Waals surface area (Å²) in [5.74, 6) is 0.802. The third-order valence-electron chi connectivity index (χ3n) is 3.10. The first kappa shape index (κ1) is 16.5. The van der Waals surface area contributed by atoms with E-state index in [-0.39, 0.29) is 11.7 Å². The Hall–Kier alpha value is -2.38. The number of halogens is 1. The number of amides is 1. The number of benzene rings is 1. The Balaban J connectivity index is 1.58. The summed E-state index contributed by atoms with van der Waals surface area (Å²) in [5.41, 5.74) is 1.93. The molecule has 3 rings (SSSR count). The van der Waals surface area contributed by atoms with Crippen molar-refractivity contribution in [3.8, 4) is 11.5 Å². The first-order valence-corrected chi connectivity index (χ1v) is 8.42. The number of anilines is 1. The van der Waals surface area contributed by atoms with Crippen molar-refractivity contribution in [1.29, 1.82) is 0 Å². The first-order chi connectivity index (χ1) is 11.6. The number of hydrogen-bond donors (Lipinski definition) is 1. The summed E-state index contributed by atoms with van der Waals surface area (Å²) >= 11 is 6.91. The number of thioether (sulfide) groups is 1. The molecule has 1 N–H and O–H groups in total. The fraction of sp³-hybridized carbons (Fsp3) is 0.125. The maximum absolute atomic E-state index is 11.9. The molecule has 0 radical (unpaired) electrons. The highest BCUT2D eigenvalue weighted by atomic mass is 35.5. The molecule has 0 saturated carbocycles. The Labute approximate surface area is 147 Å². The monoisotopic (exact) mass is 360 g/mol. The molecular weight excluding hydrogens is 348 g/mol.